The molecule has 1 nitrogen and oxygen atoms in total. The molecule has 0 aliphatic carbocycles. The second kappa shape index (κ2) is 9.74. The Morgan fingerprint density at radius 2 is 1.62 bits per heavy atom. The molecule has 2 heteroatoms. The molecule has 1 saturated heterocycles. The van der Waals surface area contributed by atoms with Crippen molar-refractivity contribution in [2.24, 2.45) is 0 Å². The Labute approximate surface area is 133 Å². The van der Waals surface area contributed by atoms with Crippen molar-refractivity contribution in [3.63, 3.8) is 0 Å². The Hall–Kier alpha value is -0.210. The number of hydrogen-bond acceptors (Lipinski definition) is 1. The van der Waals surface area contributed by atoms with Crippen molar-refractivity contribution >= 4 is 12.7 Å². The van der Waals surface area contributed by atoms with Gasteiger partial charge in [0.15, 0.2) is 0 Å². The summed E-state index contributed by atoms with van der Waals surface area (Å²) < 4.78 is 0. The highest BCUT2D eigenvalue weighted by atomic mass is 31.2. The van der Waals surface area contributed by atoms with E-state index in [2.05, 4.69) is 32.6 Å². The van der Waals surface area contributed by atoms with Crippen molar-refractivity contribution in [2.75, 3.05) is 12.3 Å². The van der Waals surface area contributed by atoms with E-state index in [4.69, 9.17) is 0 Å². The van der Waals surface area contributed by atoms with Crippen LogP contribution in [0, 0.1) is 11.3 Å². The molecular weight excluding hydrogens is 273 g/mol. The second-order valence-electron chi connectivity index (χ2n) is 6.98. The van der Waals surface area contributed by atoms with Crippen molar-refractivity contribution in [2.45, 2.75) is 96.6 Å². The van der Waals surface area contributed by atoms with Gasteiger partial charge in [-0.1, -0.05) is 66.2 Å². The molecule has 0 aromatic heterocycles. The standard InChI is InChI=1S/C19H36NP/c1-4-7-12-19(13-8-5-2)14-10-11-17-21(19,18-15-20)16-9-6-3/h18H,4-14,16-17H2,1-3H3. The molecule has 1 atom stereocenters. The third kappa shape index (κ3) is 4.63. The summed E-state index contributed by atoms with van der Waals surface area (Å²) >= 11 is 0. The van der Waals surface area contributed by atoms with Gasteiger partial charge in [0.05, 0.1) is 6.07 Å². The van der Waals surface area contributed by atoms with Gasteiger partial charge in [0.1, 0.15) is 0 Å². The summed E-state index contributed by atoms with van der Waals surface area (Å²) in [6, 6.07) is 2.52. The van der Waals surface area contributed by atoms with E-state index in [1.54, 1.807) is 0 Å². The lowest BCUT2D eigenvalue weighted by Gasteiger charge is -2.50. The van der Waals surface area contributed by atoms with Crippen molar-refractivity contribution in [3.05, 3.63) is 0 Å². The molecule has 0 saturated carbocycles. The molecule has 0 amide bonds. The third-order valence-electron chi connectivity index (χ3n) is 5.60. The molecule has 122 valence electrons. The topological polar surface area (TPSA) is 23.8 Å². The highest BCUT2D eigenvalue weighted by Gasteiger charge is 2.43. The Morgan fingerprint density at radius 3 is 2.14 bits per heavy atom. The first-order valence-electron chi connectivity index (χ1n) is 9.31. The molecule has 0 N–H and O–H groups in total. The molecule has 0 bridgehead atoms. The first kappa shape index (κ1) is 18.8. The third-order valence-corrected chi connectivity index (χ3v) is 11.0. The minimum Gasteiger partial charge on any atom is -0.193 e. The zero-order valence-electron chi connectivity index (χ0n) is 14.7. The molecule has 1 fully saturated rings. The minimum atomic E-state index is -1.19. The van der Waals surface area contributed by atoms with E-state index >= 15 is 0 Å². The van der Waals surface area contributed by atoms with Crippen LogP contribution in [0.25, 0.3) is 0 Å². The SMILES string of the molecule is CCCCC1(CCCC)CCCCP1(=CC#N)CCCC. The molecule has 21 heavy (non-hydrogen) atoms. The summed E-state index contributed by atoms with van der Waals surface area (Å²) in [6.07, 6.45) is 17.6. The largest absolute Gasteiger partial charge is 0.193 e. The van der Waals surface area contributed by atoms with Crippen molar-refractivity contribution in [1.82, 2.24) is 0 Å². The van der Waals surface area contributed by atoms with Gasteiger partial charge in [-0.15, -0.1) is 0 Å². The molecule has 1 rings (SSSR count). The Balaban J connectivity index is 3.16. The van der Waals surface area contributed by atoms with Crippen LogP contribution >= 0.6 is 6.89 Å². The first-order chi connectivity index (χ1) is 10.2. The Bertz CT molecular complexity index is 370. The van der Waals surface area contributed by atoms with E-state index in [9.17, 15) is 5.26 Å². The summed E-state index contributed by atoms with van der Waals surface area (Å²) in [4.78, 5) is 0. The molecule has 0 aromatic rings. The van der Waals surface area contributed by atoms with Gasteiger partial charge in [-0.3, -0.25) is 0 Å². The zero-order chi connectivity index (χ0) is 15.6. The van der Waals surface area contributed by atoms with Gasteiger partial charge in [0.2, 0.25) is 0 Å². The fourth-order valence-corrected chi connectivity index (χ4v) is 9.71. The molecule has 0 radical (unpaired) electrons. The van der Waals surface area contributed by atoms with Crippen LogP contribution in [0.2, 0.25) is 0 Å². The number of nitrogens with zero attached hydrogens (tertiary/aromatic N) is 1. The maximum absolute atomic E-state index is 9.49. The quantitative estimate of drug-likeness (QED) is 0.450. The molecule has 1 aliphatic heterocycles. The normalized spacial score (nSPS) is 24.5. The average Bonchev–Trinajstić information content (AvgIpc) is 2.51. The number of unbranched alkanes of at least 4 members (excludes halogenated alkanes) is 3. The highest BCUT2D eigenvalue weighted by Crippen LogP contribution is 2.68. The summed E-state index contributed by atoms with van der Waals surface area (Å²) in [5.74, 6) is 2.19. The fraction of sp³-hybridized carbons (Fsp3) is 0.895. The predicted octanol–water partition coefficient (Wildman–Crippen LogP) is 6.43. The van der Waals surface area contributed by atoms with Gasteiger partial charge in [0.25, 0.3) is 0 Å². The summed E-state index contributed by atoms with van der Waals surface area (Å²) in [5.41, 5.74) is 0. The first-order valence-corrected chi connectivity index (χ1v) is 11.5. The Morgan fingerprint density at radius 1 is 1.00 bits per heavy atom. The number of nitriles is 1. The second-order valence-corrected chi connectivity index (χ2v) is 11.2. The summed E-state index contributed by atoms with van der Waals surface area (Å²) in [7, 11) is 0. The number of hydrogen-bond donors (Lipinski definition) is 0. The van der Waals surface area contributed by atoms with E-state index < -0.39 is 6.89 Å². The molecule has 0 aromatic carbocycles. The van der Waals surface area contributed by atoms with Gasteiger partial charge in [-0.25, -0.2) is 0 Å². The molecule has 1 unspecified atom stereocenters. The lowest BCUT2D eigenvalue weighted by atomic mass is 9.89. The van der Waals surface area contributed by atoms with E-state index in [0.717, 1.165) is 0 Å². The van der Waals surface area contributed by atoms with Crippen LogP contribution in [-0.4, -0.2) is 23.3 Å². The van der Waals surface area contributed by atoms with Gasteiger partial charge in [-0.2, -0.15) is 5.26 Å². The Kier molecular flexibility index (Phi) is 8.73. The van der Waals surface area contributed by atoms with Crippen molar-refractivity contribution < 1.29 is 0 Å². The summed E-state index contributed by atoms with van der Waals surface area (Å²) in [5, 5.41) is 10.0. The van der Waals surface area contributed by atoms with Crippen LogP contribution in [0.15, 0.2) is 0 Å². The van der Waals surface area contributed by atoms with E-state index in [1.165, 1.54) is 83.0 Å². The van der Waals surface area contributed by atoms with Crippen LogP contribution in [0.4, 0.5) is 0 Å². The summed E-state index contributed by atoms with van der Waals surface area (Å²) in [6.45, 7) is 5.74. The van der Waals surface area contributed by atoms with Gasteiger partial charge in [-0.05, 0) is 49.6 Å². The van der Waals surface area contributed by atoms with Gasteiger partial charge < -0.3 is 0 Å². The maximum atomic E-state index is 9.49. The minimum absolute atomic E-state index is 0.530. The van der Waals surface area contributed by atoms with Crippen LogP contribution in [0.3, 0.4) is 0 Å². The van der Waals surface area contributed by atoms with E-state index in [1.807, 2.05) is 0 Å². The average molecular weight is 309 g/mol. The molecule has 1 aliphatic rings. The molecule has 1 heterocycles. The van der Waals surface area contributed by atoms with Crippen LogP contribution < -0.4 is 0 Å². The lowest BCUT2D eigenvalue weighted by molar-refractivity contribution is 0.401. The monoisotopic (exact) mass is 309 g/mol. The maximum Gasteiger partial charge on any atom is 0.0913 e. The van der Waals surface area contributed by atoms with Crippen LogP contribution in [-0.2, 0) is 0 Å². The fourth-order valence-electron chi connectivity index (χ4n) is 4.31. The number of rotatable bonds is 9. The molecular formula is C19H36NP. The lowest BCUT2D eigenvalue weighted by Crippen LogP contribution is -2.35. The predicted molar refractivity (Wildman–Crippen MR) is 98.9 cm³/mol. The zero-order valence-corrected chi connectivity index (χ0v) is 15.6. The smallest absolute Gasteiger partial charge is 0.0913 e. The van der Waals surface area contributed by atoms with Crippen LogP contribution in [0.1, 0.15) is 91.4 Å². The van der Waals surface area contributed by atoms with Gasteiger partial charge >= 0.3 is 0 Å². The van der Waals surface area contributed by atoms with Crippen molar-refractivity contribution in [1.29, 1.82) is 5.26 Å². The van der Waals surface area contributed by atoms with Gasteiger partial charge in [0, 0.05) is 5.80 Å². The van der Waals surface area contributed by atoms with Crippen LogP contribution in [0.5, 0.6) is 0 Å². The van der Waals surface area contributed by atoms with Crippen molar-refractivity contribution in [3.8, 4) is 6.07 Å². The van der Waals surface area contributed by atoms with E-state index in [-0.39, 0.29) is 0 Å². The van der Waals surface area contributed by atoms with E-state index in [0.29, 0.717) is 5.16 Å². The highest BCUT2D eigenvalue weighted by molar-refractivity contribution is 7.76. The molecule has 0 spiro atoms.